The molecule has 0 aromatic rings. The van der Waals surface area contributed by atoms with Crippen LogP contribution in [-0.4, -0.2) is 110 Å². The lowest BCUT2D eigenvalue weighted by atomic mass is 9.98. The molecule has 1 rings (SSSR count). The van der Waals surface area contributed by atoms with E-state index in [0.29, 0.717) is 19.3 Å². The molecule has 1 fully saturated rings. The third-order valence-corrected chi connectivity index (χ3v) is 19.5. The van der Waals surface area contributed by atoms with Crippen molar-refractivity contribution in [2.45, 2.75) is 461 Å². The zero-order valence-corrected chi connectivity index (χ0v) is 59.4. The minimum atomic E-state index is -1.67. The van der Waals surface area contributed by atoms with Gasteiger partial charge in [0.25, 0.3) is 0 Å². The summed E-state index contributed by atoms with van der Waals surface area (Å²) in [4.78, 5) is 13.3. The second-order valence-electron chi connectivity index (χ2n) is 28.1. The zero-order chi connectivity index (χ0) is 65.3. The van der Waals surface area contributed by atoms with E-state index in [1.807, 2.05) is 0 Å². The molecule has 1 saturated heterocycles. The third-order valence-electron chi connectivity index (χ3n) is 19.5. The summed E-state index contributed by atoms with van der Waals surface area (Å²) in [6.45, 7) is 3.51. The second kappa shape index (κ2) is 67.6. The predicted octanol–water partition coefficient (Wildman–Crippen LogP) is 20.3. The van der Waals surface area contributed by atoms with Crippen molar-refractivity contribution in [2.24, 2.45) is 0 Å². The van der Waals surface area contributed by atoms with Crippen LogP contribution in [0.2, 0.25) is 0 Å². The molecule has 8 N–H and O–H groups in total. The predicted molar refractivity (Wildman–Crippen MR) is 381 cm³/mol. The average Bonchev–Trinajstić information content (AvgIpc) is 1.44. The van der Waals surface area contributed by atoms with Crippen LogP contribution in [0.15, 0.2) is 24.3 Å². The van der Waals surface area contributed by atoms with Crippen LogP contribution in [0.4, 0.5) is 0 Å². The van der Waals surface area contributed by atoms with Gasteiger partial charge in [-0.05, 0) is 51.4 Å². The first-order valence-electron chi connectivity index (χ1n) is 39.7. The molecule has 1 aliphatic heterocycles. The van der Waals surface area contributed by atoms with Gasteiger partial charge in [0, 0.05) is 0 Å². The molecule has 1 heterocycles. The Kier molecular flexibility index (Phi) is 65.0. The smallest absolute Gasteiger partial charge is 0.249 e. The van der Waals surface area contributed by atoms with Crippen molar-refractivity contribution in [1.29, 1.82) is 0 Å². The van der Waals surface area contributed by atoms with E-state index in [9.17, 15) is 40.5 Å². The Balaban J connectivity index is 2.14. The summed E-state index contributed by atoms with van der Waals surface area (Å²) in [6.07, 6.45) is 75.9. The monoisotopic (exact) mass is 1280 g/mol. The van der Waals surface area contributed by atoms with Crippen molar-refractivity contribution in [1.82, 2.24) is 5.32 Å². The lowest BCUT2D eigenvalue weighted by Gasteiger charge is -2.40. The Morgan fingerprint density at radius 3 is 0.989 bits per heavy atom. The summed E-state index contributed by atoms with van der Waals surface area (Å²) in [7, 11) is 0. The van der Waals surface area contributed by atoms with Crippen LogP contribution in [0.1, 0.15) is 406 Å². The number of hydrogen-bond acceptors (Lipinski definition) is 10. The number of nitrogens with one attached hydrogen (secondary N) is 1. The van der Waals surface area contributed by atoms with Gasteiger partial charge < -0.3 is 50.5 Å². The minimum Gasteiger partial charge on any atom is -0.394 e. The maximum absolute atomic E-state index is 13.3. The quantitative estimate of drug-likeness (QED) is 0.0215. The van der Waals surface area contributed by atoms with Gasteiger partial charge in [0.2, 0.25) is 5.91 Å². The van der Waals surface area contributed by atoms with Crippen molar-refractivity contribution in [2.75, 3.05) is 13.2 Å². The van der Waals surface area contributed by atoms with Gasteiger partial charge in [-0.3, -0.25) is 4.79 Å². The molecule has 11 heteroatoms. The fourth-order valence-electron chi connectivity index (χ4n) is 13.2. The summed E-state index contributed by atoms with van der Waals surface area (Å²) in [6, 6.07) is -1.19. The zero-order valence-electron chi connectivity index (χ0n) is 59.4. The van der Waals surface area contributed by atoms with E-state index < -0.39 is 74.2 Å². The number of aliphatic hydroxyl groups is 7. The molecule has 0 aliphatic carbocycles. The maximum Gasteiger partial charge on any atom is 0.249 e. The lowest BCUT2D eigenvalue weighted by molar-refractivity contribution is -0.303. The van der Waals surface area contributed by atoms with Crippen molar-refractivity contribution in [3.8, 4) is 0 Å². The van der Waals surface area contributed by atoms with Crippen molar-refractivity contribution in [3.05, 3.63) is 24.3 Å². The van der Waals surface area contributed by atoms with Gasteiger partial charge in [0.05, 0.1) is 25.4 Å². The SMILES string of the molecule is CCCCCCCCCCCCCCCCCCCC/C=C/CC/C=C/CCCC(O)C(O)C(COC1OC(CO)C(O)C(O)C1O)NC(=O)C(O)CCCCCCCCCCCCCCCCCCCCCCCCCCCCCCCCCCCCCC. The molecule has 0 bridgehead atoms. The molecule has 1 amide bonds. The van der Waals surface area contributed by atoms with Crippen LogP contribution in [0.5, 0.6) is 0 Å². The van der Waals surface area contributed by atoms with Gasteiger partial charge in [0.1, 0.15) is 36.6 Å². The number of aliphatic hydroxyl groups excluding tert-OH is 7. The first kappa shape index (κ1) is 86.6. The van der Waals surface area contributed by atoms with Gasteiger partial charge in [-0.2, -0.15) is 0 Å². The van der Waals surface area contributed by atoms with Crippen LogP contribution in [0.3, 0.4) is 0 Å². The number of rotatable bonds is 71. The first-order valence-corrected chi connectivity index (χ1v) is 39.7. The van der Waals surface area contributed by atoms with E-state index >= 15 is 0 Å². The van der Waals surface area contributed by atoms with Gasteiger partial charge >= 0.3 is 0 Å². The number of ether oxygens (including phenoxy) is 2. The van der Waals surface area contributed by atoms with E-state index in [1.54, 1.807) is 0 Å². The molecule has 11 nitrogen and oxygen atoms in total. The molecule has 0 radical (unpaired) electrons. The summed E-state index contributed by atoms with van der Waals surface area (Å²) < 4.78 is 11.2. The standard InChI is InChI=1S/C79H153NO10/c1-3-5-7-9-11-13-15-17-19-21-23-25-27-29-31-32-33-34-35-36-37-38-39-41-43-45-47-49-51-53-55-57-59-61-63-65-67-72(83)78(88)80-70(69-89-79-77(87)76(86)75(85)73(68-81)90-79)74(84)71(82)66-64-62-60-58-56-54-52-50-48-46-44-42-40-30-28-26-24-22-20-18-16-14-12-10-8-6-4-2/h50,52,58,60,70-77,79,81-87H,3-49,51,53-57,59,61-69H2,1-2H3,(H,80,88)/b52-50+,60-58+. The number of allylic oxidation sites excluding steroid dienone is 4. The third kappa shape index (κ3) is 53.8. The Morgan fingerprint density at radius 1 is 0.378 bits per heavy atom. The normalized spacial score (nSPS) is 18.5. The molecule has 90 heavy (non-hydrogen) atoms. The number of hydrogen-bond donors (Lipinski definition) is 8. The van der Waals surface area contributed by atoms with E-state index in [4.69, 9.17) is 9.47 Å². The van der Waals surface area contributed by atoms with E-state index in [-0.39, 0.29) is 12.8 Å². The summed E-state index contributed by atoms with van der Waals surface area (Å²) in [5, 5.41) is 76.6. The summed E-state index contributed by atoms with van der Waals surface area (Å²) >= 11 is 0. The molecule has 9 unspecified atom stereocenters. The van der Waals surface area contributed by atoms with Crippen molar-refractivity contribution >= 4 is 5.91 Å². The Hall–Kier alpha value is -1.41. The Morgan fingerprint density at radius 2 is 0.667 bits per heavy atom. The van der Waals surface area contributed by atoms with Crippen LogP contribution in [0, 0.1) is 0 Å². The van der Waals surface area contributed by atoms with E-state index in [2.05, 4.69) is 43.5 Å². The number of amides is 1. The van der Waals surface area contributed by atoms with Crippen LogP contribution in [0.25, 0.3) is 0 Å². The number of carbonyl (C=O) groups is 1. The number of unbranched alkanes of at least 4 members (excludes halogenated alkanes) is 55. The van der Waals surface area contributed by atoms with Gasteiger partial charge in [-0.15, -0.1) is 0 Å². The average molecular weight is 1280 g/mol. The van der Waals surface area contributed by atoms with Crippen molar-refractivity contribution in [3.63, 3.8) is 0 Å². The topological polar surface area (TPSA) is 189 Å². The maximum atomic E-state index is 13.3. The highest BCUT2D eigenvalue weighted by atomic mass is 16.7. The van der Waals surface area contributed by atoms with Gasteiger partial charge in [-0.25, -0.2) is 0 Å². The van der Waals surface area contributed by atoms with E-state index in [1.165, 1.54) is 321 Å². The van der Waals surface area contributed by atoms with Gasteiger partial charge in [0.15, 0.2) is 6.29 Å². The first-order chi connectivity index (χ1) is 44.2. The van der Waals surface area contributed by atoms with E-state index in [0.717, 1.165) is 38.5 Å². The van der Waals surface area contributed by atoms with Crippen LogP contribution in [-0.2, 0) is 14.3 Å². The fraction of sp³-hybridized carbons (Fsp3) is 0.937. The molecule has 0 aromatic carbocycles. The van der Waals surface area contributed by atoms with Crippen molar-refractivity contribution < 1.29 is 50.0 Å². The summed E-state index contributed by atoms with van der Waals surface area (Å²) in [5.41, 5.74) is 0. The van der Waals surface area contributed by atoms with Crippen LogP contribution < -0.4 is 5.32 Å². The Labute approximate surface area is 556 Å². The Bertz CT molecular complexity index is 1510. The molecular formula is C79H153NO10. The largest absolute Gasteiger partial charge is 0.394 e. The minimum absolute atomic E-state index is 0.250. The molecule has 1 aliphatic rings. The fourth-order valence-corrected chi connectivity index (χ4v) is 13.2. The summed E-state index contributed by atoms with van der Waals surface area (Å²) in [5.74, 6) is -0.702. The molecule has 9 atom stereocenters. The molecule has 0 aromatic heterocycles. The lowest BCUT2D eigenvalue weighted by Crippen LogP contribution is -2.60. The molecule has 0 saturated carbocycles. The molecule has 534 valence electrons. The highest BCUT2D eigenvalue weighted by Gasteiger charge is 2.44. The molecular weight excluding hydrogens is 1120 g/mol. The van der Waals surface area contributed by atoms with Crippen LogP contribution >= 0.6 is 0 Å². The van der Waals surface area contributed by atoms with Gasteiger partial charge in [-0.1, -0.05) is 378 Å². The molecule has 0 spiro atoms. The highest BCUT2D eigenvalue weighted by Crippen LogP contribution is 2.24. The highest BCUT2D eigenvalue weighted by molar-refractivity contribution is 5.80. The second-order valence-corrected chi connectivity index (χ2v) is 28.1. The number of carbonyl (C=O) groups excluding carboxylic acids is 1.